The van der Waals surface area contributed by atoms with E-state index in [2.05, 4.69) is 44.2 Å². The van der Waals surface area contributed by atoms with Gasteiger partial charge >= 0.3 is 0 Å². The van der Waals surface area contributed by atoms with Gasteiger partial charge in [0.2, 0.25) is 0 Å². The van der Waals surface area contributed by atoms with E-state index in [0.717, 1.165) is 22.3 Å². The molecule has 2 heterocycles. The molecule has 2 aromatic heterocycles. The third-order valence-electron chi connectivity index (χ3n) is 3.95. The lowest BCUT2D eigenvalue weighted by Gasteiger charge is -2.15. The highest BCUT2D eigenvalue weighted by atomic mass is 14.9. The van der Waals surface area contributed by atoms with Gasteiger partial charge in [-0.05, 0) is 23.3 Å². The van der Waals surface area contributed by atoms with E-state index in [4.69, 9.17) is 0 Å². The smallest absolute Gasteiger partial charge is 0.163 e. The Bertz CT molecular complexity index is 831. The van der Waals surface area contributed by atoms with Crippen LogP contribution in [0.15, 0.2) is 97.6 Å². The van der Waals surface area contributed by atoms with E-state index in [1.54, 1.807) is 36.9 Å². The average Bonchev–Trinajstić information content (AvgIpc) is 2.74. The summed E-state index contributed by atoms with van der Waals surface area (Å²) in [5.41, 5.74) is 3.94. The van der Waals surface area contributed by atoms with Crippen LogP contribution in [-0.2, 0) is 0 Å². The maximum atomic E-state index is 4.48. The van der Waals surface area contributed by atoms with Crippen molar-refractivity contribution < 1.29 is 0 Å². The summed E-state index contributed by atoms with van der Waals surface area (Å²) in [6.45, 7) is 0. The summed E-state index contributed by atoms with van der Waals surface area (Å²) < 4.78 is 0. The molecule has 0 aliphatic rings. The summed E-state index contributed by atoms with van der Waals surface area (Å²) in [4.78, 5) is 17.9. The SMILES string of the molecule is c1ccc(C(=C(c2ncccn2)c2ncccn2)c2ccccc2)cc1. The van der Waals surface area contributed by atoms with Crippen LogP contribution in [0.4, 0.5) is 0 Å². The van der Waals surface area contributed by atoms with Crippen LogP contribution in [0, 0.1) is 0 Å². The van der Waals surface area contributed by atoms with Crippen molar-refractivity contribution in [3.05, 3.63) is 120 Å². The van der Waals surface area contributed by atoms with Crippen LogP contribution in [0.5, 0.6) is 0 Å². The van der Waals surface area contributed by atoms with E-state index in [0.29, 0.717) is 11.6 Å². The highest BCUT2D eigenvalue weighted by Crippen LogP contribution is 2.33. The molecule has 0 atom stereocenters. The molecule has 4 rings (SSSR count). The number of nitrogens with zero attached hydrogens (tertiary/aromatic N) is 4. The average molecular weight is 336 g/mol. The second-order valence-electron chi connectivity index (χ2n) is 5.63. The molecular weight excluding hydrogens is 320 g/mol. The zero-order chi connectivity index (χ0) is 17.6. The van der Waals surface area contributed by atoms with Crippen LogP contribution in [0.2, 0.25) is 0 Å². The molecule has 4 heteroatoms. The van der Waals surface area contributed by atoms with Gasteiger partial charge in [-0.15, -0.1) is 0 Å². The first-order valence-corrected chi connectivity index (χ1v) is 8.33. The fourth-order valence-corrected chi connectivity index (χ4v) is 2.84. The molecule has 0 aliphatic carbocycles. The molecule has 0 N–H and O–H groups in total. The van der Waals surface area contributed by atoms with Crippen molar-refractivity contribution in [2.75, 3.05) is 0 Å². The maximum absolute atomic E-state index is 4.48. The molecule has 2 aromatic carbocycles. The first-order chi connectivity index (χ1) is 12.9. The Kier molecular flexibility index (Phi) is 4.56. The van der Waals surface area contributed by atoms with Crippen LogP contribution in [0.25, 0.3) is 11.1 Å². The van der Waals surface area contributed by atoms with Crippen molar-refractivity contribution in [3.8, 4) is 0 Å². The highest BCUT2D eigenvalue weighted by molar-refractivity contribution is 6.01. The Hall–Kier alpha value is -3.66. The molecule has 0 saturated carbocycles. The number of benzene rings is 2. The molecule has 0 fully saturated rings. The Morgan fingerprint density at radius 3 is 1.19 bits per heavy atom. The quantitative estimate of drug-likeness (QED) is 0.558. The molecule has 0 saturated heterocycles. The van der Waals surface area contributed by atoms with Crippen molar-refractivity contribution >= 4 is 11.1 Å². The number of rotatable bonds is 4. The lowest BCUT2D eigenvalue weighted by Crippen LogP contribution is -2.04. The van der Waals surface area contributed by atoms with Gasteiger partial charge in [0.1, 0.15) is 0 Å². The van der Waals surface area contributed by atoms with Gasteiger partial charge in [0.25, 0.3) is 0 Å². The van der Waals surface area contributed by atoms with E-state index < -0.39 is 0 Å². The topological polar surface area (TPSA) is 51.6 Å². The summed E-state index contributed by atoms with van der Waals surface area (Å²) in [5, 5.41) is 0. The summed E-state index contributed by atoms with van der Waals surface area (Å²) in [7, 11) is 0. The standard InChI is InChI=1S/C22H16N4/c1-3-9-17(10-4-1)19(18-11-5-2-6-12-18)20(21-23-13-7-14-24-21)22-25-15-8-16-26-22/h1-16H. The Morgan fingerprint density at radius 2 is 0.808 bits per heavy atom. The minimum atomic E-state index is 0.599. The maximum Gasteiger partial charge on any atom is 0.163 e. The molecule has 0 unspecified atom stereocenters. The molecule has 26 heavy (non-hydrogen) atoms. The second-order valence-corrected chi connectivity index (χ2v) is 5.63. The zero-order valence-corrected chi connectivity index (χ0v) is 14.0. The summed E-state index contributed by atoms with van der Waals surface area (Å²) in [6, 6.07) is 24.0. The fourth-order valence-electron chi connectivity index (χ4n) is 2.84. The molecule has 0 radical (unpaired) electrons. The minimum absolute atomic E-state index is 0.599. The molecule has 4 nitrogen and oxygen atoms in total. The molecule has 4 aromatic rings. The zero-order valence-electron chi connectivity index (χ0n) is 14.0. The van der Waals surface area contributed by atoms with E-state index in [1.807, 2.05) is 36.4 Å². The van der Waals surface area contributed by atoms with E-state index in [9.17, 15) is 0 Å². The van der Waals surface area contributed by atoms with E-state index >= 15 is 0 Å². The van der Waals surface area contributed by atoms with Crippen molar-refractivity contribution in [2.45, 2.75) is 0 Å². The Morgan fingerprint density at radius 1 is 0.423 bits per heavy atom. The van der Waals surface area contributed by atoms with Crippen LogP contribution in [0.1, 0.15) is 22.8 Å². The summed E-state index contributed by atoms with van der Waals surface area (Å²) >= 11 is 0. The first-order valence-electron chi connectivity index (χ1n) is 8.33. The van der Waals surface area contributed by atoms with Crippen molar-refractivity contribution in [1.82, 2.24) is 19.9 Å². The van der Waals surface area contributed by atoms with Crippen molar-refractivity contribution in [3.63, 3.8) is 0 Å². The van der Waals surface area contributed by atoms with Gasteiger partial charge in [0, 0.05) is 30.4 Å². The summed E-state index contributed by atoms with van der Waals surface area (Å²) in [6.07, 6.45) is 6.94. The van der Waals surface area contributed by atoms with Gasteiger partial charge in [0.15, 0.2) is 11.6 Å². The molecule has 124 valence electrons. The lowest BCUT2D eigenvalue weighted by atomic mass is 9.92. The number of aromatic nitrogens is 4. The van der Waals surface area contributed by atoms with Crippen molar-refractivity contribution in [2.24, 2.45) is 0 Å². The third kappa shape index (κ3) is 3.26. The normalized spacial score (nSPS) is 10.3. The van der Waals surface area contributed by atoms with Crippen LogP contribution >= 0.6 is 0 Å². The van der Waals surface area contributed by atoms with E-state index in [-0.39, 0.29) is 0 Å². The van der Waals surface area contributed by atoms with Gasteiger partial charge in [-0.25, -0.2) is 19.9 Å². The van der Waals surface area contributed by atoms with Crippen LogP contribution in [0.3, 0.4) is 0 Å². The minimum Gasteiger partial charge on any atom is -0.236 e. The monoisotopic (exact) mass is 336 g/mol. The molecular formula is C22H16N4. The predicted octanol–water partition coefficient (Wildman–Crippen LogP) is 4.27. The van der Waals surface area contributed by atoms with Gasteiger partial charge in [-0.1, -0.05) is 60.7 Å². The molecule has 0 bridgehead atoms. The Labute approximate surface area is 152 Å². The molecule has 0 spiro atoms. The van der Waals surface area contributed by atoms with Crippen molar-refractivity contribution in [1.29, 1.82) is 0 Å². The summed E-state index contributed by atoms with van der Waals surface area (Å²) in [5.74, 6) is 1.20. The first kappa shape index (κ1) is 15.8. The fraction of sp³-hybridized carbons (Fsp3) is 0. The van der Waals surface area contributed by atoms with Crippen LogP contribution < -0.4 is 0 Å². The number of hydrogen-bond donors (Lipinski definition) is 0. The second kappa shape index (κ2) is 7.49. The predicted molar refractivity (Wildman–Crippen MR) is 102 cm³/mol. The molecule has 0 amide bonds. The van der Waals surface area contributed by atoms with Gasteiger partial charge in [-0.2, -0.15) is 0 Å². The number of hydrogen-bond acceptors (Lipinski definition) is 4. The highest BCUT2D eigenvalue weighted by Gasteiger charge is 2.19. The van der Waals surface area contributed by atoms with Gasteiger partial charge in [0.05, 0.1) is 5.57 Å². The Balaban J connectivity index is 2.09. The van der Waals surface area contributed by atoms with Crippen LogP contribution in [-0.4, -0.2) is 19.9 Å². The van der Waals surface area contributed by atoms with E-state index in [1.165, 1.54) is 0 Å². The third-order valence-corrected chi connectivity index (χ3v) is 3.95. The van der Waals surface area contributed by atoms with Gasteiger partial charge < -0.3 is 0 Å². The van der Waals surface area contributed by atoms with Gasteiger partial charge in [-0.3, -0.25) is 0 Å². The largest absolute Gasteiger partial charge is 0.236 e. The molecule has 0 aliphatic heterocycles. The lowest BCUT2D eigenvalue weighted by molar-refractivity contribution is 1.06.